The molecule has 3 heteroatoms. The van der Waals surface area contributed by atoms with Crippen LogP contribution in [0.15, 0.2) is 60.8 Å². The van der Waals surface area contributed by atoms with Crippen molar-refractivity contribution in [2.45, 2.75) is 0 Å². The molecule has 0 radical (unpaired) electrons. The van der Waals surface area contributed by atoms with Crippen molar-refractivity contribution in [2.24, 2.45) is 0 Å². The molecule has 2 aromatic rings. The quantitative estimate of drug-likeness (QED) is 0.878. The molecule has 0 heterocycles. The maximum absolute atomic E-state index is 13.3. The van der Waals surface area contributed by atoms with Crippen LogP contribution in [0.25, 0.3) is 6.08 Å². The van der Waals surface area contributed by atoms with Crippen molar-refractivity contribution >= 4 is 12.0 Å². The number of hydrogen-bond acceptors (Lipinski definition) is 1. The molecule has 90 valence electrons. The van der Waals surface area contributed by atoms with E-state index in [1.807, 2.05) is 6.07 Å². The normalized spacial score (nSPS) is 10.5. The molecule has 0 aliphatic rings. The highest BCUT2D eigenvalue weighted by Crippen LogP contribution is 2.07. The molecular weight excluding hydrogens is 229 g/mol. The minimum atomic E-state index is -0.317. The maximum Gasteiger partial charge on any atom is 0.255 e. The molecule has 0 unspecified atom stereocenters. The SMILES string of the molecule is O=C(NC=Cc1ccccc1F)c1ccccc1. The lowest BCUT2D eigenvalue weighted by Gasteiger charge is -1.99. The van der Waals surface area contributed by atoms with Gasteiger partial charge in [0.1, 0.15) is 5.82 Å². The lowest BCUT2D eigenvalue weighted by Crippen LogP contribution is -2.16. The van der Waals surface area contributed by atoms with Gasteiger partial charge in [-0.1, -0.05) is 36.4 Å². The molecule has 0 bridgehead atoms. The maximum atomic E-state index is 13.3. The average Bonchev–Trinajstić information content (AvgIpc) is 2.42. The highest BCUT2D eigenvalue weighted by Gasteiger charge is 2.01. The third-order valence-corrected chi connectivity index (χ3v) is 2.42. The van der Waals surface area contributed by atoms with E-state index < -0.39 is 0 Å². The van der Waals surface area contributed by atoms with Crippen molar-refractivity contribution in [3.63, 3.8) is 0 Å². The Morgan fingerprint density at radius 1 is 1.00 bits per heavy atom. The van der Waals surface area contributed by atoms with Crippen molar-refractivity contribution in [2.75, 3.05) is 0 Å². The van der Waals surface area contributed by atoms with Crippen LogP contribution in [0.1, 0.15) is 15.9 Å². The third kappa shape index (κ3) is 3.04. The Balaban J connectivity index is 2.00. The van der Waals surface area contributed by atoms with Gasteiger partial charge in [-0.2, -0.15) is 0 Å². The van der Waals surface area contributed by atoms with Gasteiger partial charge in [0.15, 0.2) is 0 Å². The number of hydrogen-bond donors (Lipinski definition) is 1. The Labute approximate surface area is 105 Å². The van der Waals surface area contributed by atoms with Crippen LogP contribution in [0, 0.1) is 5.82 Å². The van der Waals surface area contributed by atoms with Crippen LogP contribution in [-0.2, 0) is 0 Å². The fraction of sp³-hybridized carbons (Fsp3) is 0. The molecule has 0 saturated heterocycles. The van der Waals surface area contributed by atoms with E-state index >= 15 is 0 Å². The fourth-order valence-electron chi connectivity index (χ4n) is 1.49. The predicted octanol–water partition coefficient (Wildman–Crippen LogP) is 3.23. The number of carbonyl (C=O) groups is 1. The molecule has 0 aliphatic heterocycles. The van der Waals surface area contributed by atoms with Crippen molar-refractivity contribution in [3.8, 4) is 0 Å². The molecule has 1 amide bonds. The van der Waals surface area contributed by atoms with Crippen LogP contribution in [0.4, 0.5) is 4.39 Å². The predicted molar refractivity (Wildman–Crippen MR) is 69.3 cm³/mol. The number of rotatable bonds is 3. The van der Waals surface area contributed by atoms with E-state index in [1.165, 1.54) is 18.3 Å². The number of benzene rings is 2. The minimum Gasteiger partial charge on any atom is -0.329 e. The zero-order valence-corrected chi connectivity index (χ0v) is 9.64. The molecular formula is C15H12FNO. The minimum absolute atomic E-state index is 0.219. The molecule has 18 heavy (non-hydrogen) atoms. The summed E-state index contributed by atoms with van der Waals surface area (Å²) in [6.07, 6.45) is 2.96. The molecule has 2 rings (SSSR count). The summed E-state index contributed by atoms with van der Waals surface area (Å²) in [6, 6.07) is 15.2. The van der Waals surface area contributed by atoms with Crippen LogP contribution >= 0.6 is 0 Å². The molecule has 2 nitrogen and oxygen atoms in total. The first-order valence-electron chi connectivity index (χ1n) is 5.54. The summed E-state index contributed by atoms with van der Waals surface area (Å²) >= 11 is 0. The summed E-state index contributed by atoms with van der Waals surface area (Å²) in [4.78, 5) is 11.7. The highest BCUT2D eigenvalue weighted by molar-refractivity contribution is 5.95. The van der Waals surface area contributed by atoms with Gasteiger partial charge in [0.05, 0.1) is 0 Å². The number of nitrogens with one attached hydrogen (secondary N) is 1. The Hall–Kier alpha value is -2.42. The lowest BCUT2D eigenvalue weighted by atomic mass is 10.2. The van der Waals surface area contributed by atoms with Crippen molar-refractivity contribution in [1.29, 1.82) is 0 Å². The van der Waals surface area contributed by atoms with Crippen molar-refractivity contribution in [1.82, 2.24) is 5.32 Å². The molecule has 0 spiro atoms. The van der Waals surface area contributed by atoms with E-state index in [0.717, 1.165) is 0 Å². The van der Waals surface area contributed by atoms with Gasteiger partial charge in [-0.3, -0.25) is 4.79 Å². The van der Waals surface area contributed by atoms with Gasteiger partial charge < -0.3 is 5.32 Å². The Morgan fingerprint density at radius 3 is 2.39 bits per heavy atom. The zero-order chi connectivity index (χ0) is 12.8. The van der Waals surface area contributed by atoms with Crippen molar-refractivity contribution < 1.29 is 9.18 Å². The largest absolute Gasteiger partial charge is 0.329 e. The Morgan fingerprint density at radius 2 is 1.67 bits per heavy atom. The Bertz CT molecular complexity index is 564. The third-order valence-electron chi connectivity index (χ3n) is 2.42. The van der Waals surface area contributed by atoms with Gasteiger partial charge in [-0.25, -0.2) is 4.39 Å². The van der Waals surface area contributed by atoms with E-state index in [0.29, 0.717) is 11.1 Å². The smallest absolute Gasteiger partial charge is 0.255 e. The van der Waals surface area contributed by atoms with Gasteiger partial charge in [-0.15, -0.1) is 0 Å². The summed E-state index contributed by atoms with van der Waals surface area (Å²) in [5.74, 6) is -0.536. The van der Waals surface area contributed by atoms with E-state index in [4.69, 9.17) is 0 Å². The molecule has 0 aliphatic carbocycles. The number of amides is 1. The van der Waals surface area contributed by atoms with Crippen molar-refractivity contribution in [3.05, 3.63) is 77.7 Å². The van der Waals surface area contributed by atoms with Crippen LogP contribution in [-0.4, -0.2) is 5.91 Å². The second-order valence-electron chi connectivity index (χ2n) is 3.69. The highest BCUT2D eigenvalue weighted by atomic mass is 19.1. The summed E-state index contributed by atoms with van der Waals surface area (Å²) in [5.41, 5.74) is 1.00. The van der Waals surface area contributed by atoms with E-state index in [9.17, 15) is 9.18 Å². The standard InChI is InChI=1S/C15H12FNO/c16-14-9-5-4-6-12(14)10-11-17-15(18)13-7-2-1-3-8-13/h1-11H,(H,17,18). The number of carbonyl (C=O) groups excluding carboxylic acids is 1. The summed E-state index contributed by atoms with van der Waals surface area (Å²) in [7, 11) is 0. The average molecular weight is 241 g/mol. The van der Waals surface area contributed by atoms with Crippen LogP contribution in [0.5, 0.6) is 0 Å². The van der Waals surface area contributed by atoms with Gasteiger partial charge in [-0.05, 0) is 24.3 Å². The number of halogens is 1. The summed E-state index contributed by atoms with van der Waals surface area (Å²) in [6.45, 7) is 0. The lowest BCUT2D eigenvalue weighted by molar-refractivity contribution is 0.0970. The van der Waals surface area contributed by atoms with Gasteiger partial charge >= 0.3 is 0 Å². The molecule has 0 fully saturated rings. The monoisotopic (exact) mass is 241 g/mol. The molecule has 0 aromatic heterocycles. The summed E-state index contributed by atoms with van der Waals surface area (Å²) < 4.78 is 13.3. The van der Waals surface area contributed by atoms with E-state index in [1.54, 1.807) is 42.5 Å². The van der Waals surface area contributed by atoms with E-state index in [2.05, 4.69) is 5.32 Å². The first-order chi connectivity index (χ1) is 8.77. The van der Waals surface area contributed by atoms with Gasteiger partial charge in [0, 0.05) is 17.3 Å². The van der Waals surface area contributed by atoms with Gasteiger partial charge in [0.25, 0.3) is 5.91 Å². The molecule has 2 aromatic carbocycles. The fourth-order valence-corrected chi connectivity index (χ4v) is 1.49. The zero-order valence-electron chi connectivity index (χ0n) is 9.64. The second-order valence-corrected chi connectivity index (χ2v) is 3.69. The van der Waals surface area contributed by atoms with Gasteiger partial charge in [0.2, 0.25) is 0 Å². The molecule has 0 atom stereocenters. The van der Waals surface area contributed by atoms with Crippen LogP contribution in [0.2, 0.25) is 0 Å². The first kappa shape index (κ1) is 12.0. The van der Waals surface area contributed by atoms with Crippen LogP contribution < -0.4 is 5.32 Å². The second kappa shape index (κ2) is 5.77. The van der Waals surface area contributed by atoms with Crippen LogP contribution in [0.3, 0.4) is 0 Å². The van der Waals surface area contributed by atoms with E-state index in [-0.39, 0.29) is 11.7 Å². The summed E-state index contributed by atoms with van der Waals surface area (Å²) in [5, 5.41) is 2.59. The first-order valence-corrected chi connectivity index (χ1v) is 5.54. The molecule has 0 saturated carbocycles. The topological polar surface area (TPSA) is 29.1 Å². The Kier molecular flexibility index (Phi) is 3.86. The molecule has 1 N–H and O–H groups in total.